The standard InChI is InChI=1S/C22H30ClFO5.Pr/c23-15-6-5-7-17(12-15)29-14-16(24)10-11-19-18(20(25)13-21(19)26)8-3-1-2-4-9-22(27)28;/h1-2,5-7,12,16,18-21,25-26H,3-4,8-11,13-14H2,(H,27,28);/b2-1-;/t16-,18-,19-,20+,21-;/m1./s1. The minimum absolute atomic E-state index is 0. The van der Waals surface area contributed by atoms with E-state index in [0.29, 0.717) is 42.9 Å². The first-order valence-corrected chi connectivity index (χ1v) is 10.5. The molecule has 0 saturated heterocycles. The molecule has 1 fully saturated rings. The third-order valence-electron chi connectivity index (χ3n) is 5.42. The molecule has 1 saturated carbocycles. The second-order valence-electron chi connectivity index (χ2n) is 7.62. The van der Waals surface area contributed by atoms with Gasteiger partial charge in [0, 0.05) is 52.7 Å². The Labute approximate surface area is 215 Å². The summed E-state index contributed by atoms with van der Waals surface area (Å²) in [4.78, 5) is 10.5. The number of ether oxygens (including phenoxy) is 1. The van der Waals surface area contributed by atoms with Crippen LogP contribution in [0.15, 0.2) is 36.4 Å². The molecule has 0 amide bonds. The Balaban J connectivity index is 0.00000450. The number of carbonyl (C=O) groups is 1. The SMILES string of the molecule is O=C(O)CC/C=C\CC[C@@H]1[C@@H](CC[C@@H](F)COc2cccc(Cl)c2)[C@H](O)C[C@@H]1O.[Pr]. The molecule has 0 aliphatic heterocycles. The van der Waals surface area contributed by atoms with E-state index >= 15 is 0 Å². The van der Waals surface area contributed by atoms with Gasteiger partial charge in [-0.2, -0.15) is 0 Å². The van der Waals surface area contributed by atoms with Crippen molar-refractivity contribution in [1.29, 1.82) is 0 Å². The smallest absolute Gasteiger partial charge is 0.303 e. The number of halogens is 2. The van der Waals surface area contributed by atoms with Gasteiger partial charge in [-0.05, 0) is 68.6 Å². The number of carboxylic acids is 1. The molecule has 1 aliphatic carbocycles. The fourth-order valence-electron chi connectivity index (χ4n) is 3.91. The Morgan fingerprint density at radius 1 is 1.20 bits per heavy atom. The average molecular weight is 570 g/mol. The predicted molar refractivity (Wildman–Crippen MR) is 110 cm³/mol. The molecular weight excluding hydrogens is 540 g/mol. The van der Waals surface area contributed by atoms with Crippen molar-refractivity contribution in [2.24, 2.45) is 11.8 Å². The largest absolute Gasteiger partial charge is 0.491 e. The molecule has 1 aromatic carbocycles. The number of hydrogen-bond donors (Lipinski definition) is 3. The van der Waals surface area contributed by atoms with Gasteiger partial charge in [-0.1, -0.05) is 29.8 Å². The fraction of sp³-hybridized carbons (Fsp3) is 0.591. The summed E-state index contributed by atoms with van der Waals surface area (Å²) in [6, 6.07) is 6.80. The average Bonchev–Trinajstić information content (AvgIpc) is 2.93. The van der Waals surface area contributed by atoms with Crippen molar-refractivity contribution in [2.45, 2.75) is 63.3 Å². The Hall–Kier alpha value is -0.266. The minimum Gasteiger partial charge on any atom is -0.491 e. The zero-order valence-corrected chi connectivity index (χ0v) is 21.5. The van der Waals surface area contributed by atoms with Gasteiger partial charge in [0.1, 0.15) is 18.5 Å². The van der Waals surface area contributed by atoms with E-state index in [1.54, 1.807) is 24.3 Å². The third kappa shape index (κ3) is 9.91. The summed E-state index contributed by atoms with van der Waals surface area (Å²) in [6.45, 7) is -0.0807. The molecule has 1 aliphatic rings. The predicted octanol–water partition coefficient (Wildman–Crippen LogP) is 4.40. The molecule has 3 N–H and O–H groups in total. The van der Waals surface area contributed by atoms with Crippen LogP contribution in [0, 0.1) is 53.1 Å². The summed E-state index contributed by atoms with van der Waals surface area (Å²) < 4.78 is 19.7. The molecule has 0 bridgehead atoms. The molecule has 1 radical (unpaired) electrons. The van der Waals surface area contributed by atoms with Crippen molar-refractivity contribution in [3.8, 4) is 5.75 Å². The van der Waals surface area contributed by atoms with Crippen LogP contribution in [0.5, 0.6) is 5.75 Å². The molecule has 0 aromatic heterocycles. The quantitative estimate of drug-likeness (QED) is 0.325. The number of carboxylic acid groups (broad SMARTS) is 1. The first-order chi connectivity index (χ1) is 13.9. The van der Waals surface area contributed by atoms with Crippen LogP contribution in [0.1, 0.15) is 44.9 Å². The molecule has 165 valence electrons. The van der Waals surface area contributed by atoms with Crippen LogP contribution in [0.25, 0.3) is 0 Å². The van der Waals surface area contributed by atoms with Crippen molar-refractivity contribution >= 4 is 17.6 Å². The Bertz CT molecular complexity index is 675. The second kappa shape index (κ2) is 14.7. The molecule has 2 rings (SSSR count). The fourth-order valence-corrected chi connectivity index (χ4v) is 4.09. The number of aliphatic hydroxyl groups excluding tert-OH is 2. The number of alkyl halides is 1. The van der Waals surface area contributed by atoms with E-state index in [2.05, 4.69) is 0 Å². The molecule has 8 heteroatoms. The van der Waals surface area contributed by atoms with Crippen molar-refractivity contribution in [3.63, 3.8) is 0 Å². The zero-order chi connectivity index (χ0) is 21.2. The van der Waals surface area contributed by atoms with Crippen molar-refractivity contribution in [1.82, 2.24) is 0 Å². The van der Waals surface area contributed by atoms with Crippen molar-refractivity contribution in [2.75, 3.05) is 6.61 Å². The first kappa shape index (κ1) is 27.8. The van der Waals surface area contributed by atoms with Gasteiger partial charge in [0.05, 0.1) is 12.2 Å². The first-order valence-electron chi connectivity index (χ1n) is 10.1. The van der Waals surface area contributed by atoms with Gasteiger partial charge in [-0.25, -0.2) is 4.39 Å². The van der Waals surface area contributed by atoms with Gasteiger partial charge in [0.2, 0.25) is 0 Å². The molecular formula is C22H30ClFO5Pr. The normalized spacial score (nSPS) is 24.5. The van der Waals surface area contributed by atoms with Crippen molar-refractivity contribution < 1.29 is 70.5 Å². The monoisotopic (exact) mass is 569 g/mol. The number of aliphatic hydroxyl groups is 2. The zero-order valence-electron chi connectivity index (χ0n) is 17.0. The summed E-state index contributed by atoms with van der Waals surface area (Å²) in [5, 5.41) is 29.7. The van der Waals surface area contributed by atoms with E-state index in [4.69, 9.17) is 21.4 Å². The van der Waals surface area contributed by atoms with Crippen LogP contribution in [0.3, 0.4) is 0 Å². The maximum atomic E-state index is 14.3. The summed E-state index contributed by atoms with van der Waals surface area (Å²) in [6.07, 6.45) is 4.33. The van der Waals surface area contributed by atoms with Crippen molar-refractivity contribution in [3.05, 3.63) is 41.4 Å². The molecule has 0 unspecified atom stereocenters. The van der Waals surface area contributed by atoms with E-state index in [0.717, 1.165) is 0 Å². The number of rotatable bonds is 12. The summed E-state index contributed by atoms with van der Waals surface area (Å²) in [7, 11) is 0. The van der Waals surface area contributed by atoms with E-state index in [1.807, 2.05) is 12.2 Å². The van der Waals surface area contributed by atoms with Crippen LogP contribution >= 0.6 is 11.6 Å². The van der Waals surface area contributed by atoms with E-state index in [1.165, 1.54) is 0 Å². The number of aliphatic carboxylic acids is 1. The van der Waals surface area contributed by atoms with Gasteiger partial charge < -0.3 is 20.1 Å². The second-order valence-corrected chi connectivity index (χ2v) is 8.06. The molecule has 30 heavy (non-hydrogen) atoms. The summed E-state index contributed by atoms with van der Waals surface area (Å²) in [5.74, 6) is -0.551. The van der Waals surface area contributed by atoms with Gasteiger partial charge in [0.15, 0.2) is 0 Å². The van der Waals surface area contributed by atoms with E-state index in [-0.39, 0.29) is 72.6 Å². The molecule has 5 atom stereocenters. The number of benzene rings is 1. The molecule has 0 heterocycles. The Kier molecular flexibility index (Phi) is 13.6. The van der Waals surface area contributed by atoms with Crippen LogP contribution in [-0.2, 0) is 4.79 Å². The van der Waals surface area contributed by atoms with Crippen LogP contribution < -0.4 is 4.74 Å². The van der Waals surface area contributed by atoms with E-state index < -0.39 is 24.3 Å². The molecule has 1 aromatic rings. The van der Waals surface area contributed by atoms with Gasteiger partial charge in [0.25, 0.3) is 0 Å². The van der Waals surface area contributed by atoms with Gasteiger partial charge in [-0.3, -0.25) is 4.79 Å². The van der Waals surface area contributed by atoms with Gasteiger partial charge in [-0.15, -0.1) is 0 Å². The van der Waals surface area contributed by atoms with Crippen LogP contribution in [0.4, 0.5) is 4.39 Å². The van der Waals surface area contributed by atoms with Crippen LogP contribution in [0.2, 0.25) is 5.02 Å². The Morgan fingerprint density at radius 3 is 2.53 bits per heavy atom. The maximum absolute atomic E-state index is 14.3. The van der Waals surface area contributed by atoms with Gasteiger partial charge >= 0.3 is 5.97 Å². The topological polar surface area (TPSA) is 87.0 Å². The minimum atomic E-state index is -1.17. The summed E-state index contributed by atoms with van der Waals surface area (Å²) >= 11 is 5.88. The van der Waals surface area contributed by atoms with E-state index in [9.17, 15) is 19.4 Å². The Morgan fingerprint density at radius 2 is 1.87 bits per heavy atom. The maximum Gasteiger partial charge on any atom is 0.303 e. The molecule has 0 spiro atoms. The number of hydrogen-bond acceptors (Lipinski definition) is 4. The van der Waals surface area contributed by atoms with Crippen LogP contribution in [-0.4, -0.2) is 46.3 Å². The third-order valence-corrected chi connectivity index (χ3v) is 5.65. The summed E-state index contributed by atoms with van der Waals surface area (Å²) in [5.41, 5.74) is 0. The number of allylic oxidation sites excluding steroid dienone is 2. The molecule has 5 nitrogen and oxygen atoms in total.